The average molecular weight is 273 g/mol. The Morgan fingerprint density at radius 2 is 1.32 bits per heavy atom. The molecule has 0 saturated heterocycles. The van der Waals surface area contributed by atoms with Gasteiger partial charge in [0.05, 0.1) is 5.38 Å². The Hall–Kier alpha value is -1.27. The molecule has 1 heteroatoms. The van der Waals surface area contributed by atoms with Crippen LogP contribution in [0.25, 0.3) is 0 Å². The summed E-state index contributed by atoms with van der Waals surface area (Å²) in [6.45, 7) is 4.52. The highest BCUT2D eigenvalue weighted by Crippen LogP contribution is 2.42. The van der Waals surface area contributed by atoms with Crippen molar-refractivity contribution in [3.8, 4) is 0 Å². The maximum absolute atomic E-state index is 6.78. The average Bonchev–Trinajstić information content (AvgIpc) is 2.49. The van der Waals surface area contributed by atoms with Gasteiger partial charge in [0.25, 0.3) is 0 Å². The lowest BCUT2D eigenvalue weighted by Crippen LogP contribution is -2.14. The number of hydrogen-bond donors (Lipinski definition) is 0. The Labute approximate surface area is 121 Å². The van der Waals surface area contributed by atoms with E-state index in [0.29, 0.717) is 11.8 Å². The molecule has 0 bridgehead atoms. The zero-order valence-corrected chi connectivity index (χ0v) is 12.3. The molecule has 0 nitrogen and oxygen atoms in total. The molecule has 0 fully saturated rings. The quantitative estimate of drug-likeness (QED) is 0.604. The maximum atomic E-state index is 6.78. The summed E-state index contributed by atoms with van der Waals surface area (Å²) < 4.78 is 0. The molecule has 0 spiro atoms. The summed E-state index contributed by atoms with van der Waals surface area (Å²) >= 11 is 6.78. The van der Waals surface area contributed by atoms with E-state index >= 15 is 0 Å². The molecule has 2 aromatic rings. The van der Waals surface area contributed by atoms with Gasteiger partial charge in [-0.1, -0.05) is 80.9 Å². The highest BCUT2D eigenvalue weighted by atomic mass is 35.5. The molecule has 3 atom stereocenters. The van der Waals surface area contributed by atoms with E-state index in [2.05, 4.69) is 68.4 Å². The van der Waals surface area contributed by atoms with Gasteiger partial charge in [-0.25, -0.2) is 0 Å². The lowest BCUT2D eigenvalue weighted by Gasteiger charge is -2.28. The second-order valence-corrected chi connectivity index (χ2v) is 5.60. The molecule has 0 aliphatic rings. The van der Waals surface area contributed by atoms with E-state index in [0.717, 1.165) is 6.42 Å². The molecule has 0 heterocycles. The SMILES string of the molecule is CCC(C)C(c1ccccc1)C(Cl)c1ccccc1. The van der Waals surface area contributed by atoms with Crippen molar-refractivity contribution in [2.75, 3.05) is 0 Å². The zero-order chi connectivity index (χ0) is 13.7. The Morgan fingerprint density at radius 1 is 0.842 bits per heavy atom. The van der Waals surface area contributed by atoms with Crippen molar-refractivity contribution in [2.24, 2.45) is 5.92 Å². The van der Waals surface area contributed by atoms with E-state index < -0.39 is 0 Å². The van der Waals surface area contributed by atoms with Crippen molar-refractivity contribution in [1.82, 2.24) is 0 Å². The Morgan fingerprint density at radius 3 is 1.79 bits per heavy atom. The summed E-state index contributed by atoms with van der Waals surface area (Å²) in [7, 11) is 0. The van der Waals surface area contributed by atoms with Gasteiger partial charge in [0.2, 0.25) is 0 Å². The monoisotopic (exact) mass is 272 g/mol. The highest BCUT2D eigenvalue weighted by Gasteiger charge is 2.26. The molecule has 0 aliphatic carbocycles. The summed E-state index contributed by atoms with van der Waals surface area (Å²) in [6.07, 6.45) is 1.13. The minimum atomic E-state index is 0.0264. The first-order valence-corrected chi connectivity index (χ1v) is 7.41. The van der Waals surface area contributed by atoms with E-state index in [-0.39, 0.29) is 5.38 Å². The molecule has 3 unspecified atom stereocenters. The fourth-order valence-corrected chi connectivity index (χ4v) is 3.10. The summed E-state index contributed by atoms with van der Waals surface area (Å²) in [5.41, 5.74) is 2.54. The number of halogens is 1. The van der Waals surface area contributed by atoms with Gasteiger partial charge in [0, 0.05) is 5.92 Å². The van der Waals surface area contributed by atoms with Crippen LogP contribution in [0.1, 0.15) is 42.7 Å². The second-order valence-electron chi connectivity index (χ2n) is 5.13. The van der Waals surface area contributed by atoms with Crippen LogP contribution in [0.5, 0.6) is 0 Å². The zero-order valence-electron chi connectivity index (χ0n) is 11.6. The molecule has 2 aromatic carbocycles. The van der Waals surface area contributed by atoms with Crippen LogP contribution in [0, 0.1) is 5.92 Å². The minimum absolute atomic E-state index is 0.0264. The topological polar surface area (TPSA) is 0 Å². The van der Waals surface area contributed by atoms with Crippen molar-refractivity contribution in [1.29, 1.82) is 0 Å². The molecule has 0 amide bonds. The fraction of sp³-hybridized carbons (Fsp3) is 0.333. The van der Waals surface area contributed by atoms with Crippen LogP contribution in [0.3, 0.4) is 0 Å². The largest absolute Gasteiger partial charge is 0.117 e. The Kier molecular flexibility index (Phi) is 5.04. The van der Waals surface area contributed by atoms with Gasteiger partial charge < -0.3 is 0 Å². The van der Waals surface area contributed by atoms with E-state index in [1.54, 1.807) is 0 Å². The number of rotatable bonds is 5. The van der Waals surface area contributed by atoms with Crippen LogP contribution >= 0.6 is 11.6 Å². The fourth-order valence-electron chi connectivity index (χ4n) is 2.56. The standard InChI is InChI=1S/C18H21Cl/c1-3-14(2)17(15-10-6-4-7-11-15)18(19)16-12-8-5-9-13-16/h4-14,17-18H,3H2,1-2H3. The first-order valence-electron chi connectivity index (χ1n) is 6.98. The molecule has 0 saturated carbocycles. The predicted molar refractivity (Wildman–Crippen MR) is 83.7 cm³/mol. The van der Waals surface area contributed by atoms with Crippen LogP contribution in [0.2, 0.25) is 0 Å². The number of benzene rings is 2. The molecule has 19 heavy (non-hydrogen) atoms. The third kappa shape index (κ3) is 3.39. The second kappa shape index (κ2) is 6.77. The van der Waals surface area contributed by atoms with Gasteiger partial charge in [0.15, 0.2) is 0 Å². The van der Waals surface area contributed by atoms with Gasteiger partial charge in [-0.3, -0.25) is 0 Å². The third-order valence-corrected chi connectivity index (χ3v) is 4.40. The van der Waals surface area contributed by atoms with Gasteiger partial charge in [-0.05, 0) is 17.0 Å². The smallest absolute Gasteiger partial charge is 0.0656 e. The number of alkyl halides is 1. The maximum Gasteiger partial charge on any atom is 0.0656 e. The Balaban J connectivity index is 2.34. The highest BCUT2D eigenvalue weighted by molar-refractivity contribution is 6.21. The molecule has 2 rings (SSSR count). The molecule has 100 valence electrons. The lowest BCUT2D eigenvalue weighted by molar-refractivity contribution is 0.434. The van der Waals surface area contributed by atoms with Gasteiger partial charge in [-0.2, -0.15) is 0 Å². The van der Waals surface area contributed by atoms with Crippen molar-refractivity contribution in [3.05, 3.63) is 71.8 Å². The van der Waals surface area contributed by atoms with E-state index in [1.807, 2.05) is 6.07 Å². The summed E-state index contributed by atoms with van der Waals surface area (Å²) in [5, 5.41) is 0.0264. The van der Waals surface area contributed by atoms with Crippen LogP contribution in [0.4, 0.5) is 0 Å². The summed E-state index contributed by atoms with van der Waals surface area (Å²) in [5.74, 6) is 0.917. The molecule has 0 aliphatic heterocycles. The van der Waals surface area contributed by atoms with Crippen molar-refractivity contribution >= 4 is 11.6 Å². The van der Waals surface area contributed by atoms with Crippen LogP contribution in [0.15, 0.2) is 60.7 Å². The molecule has 0 N–H and O–H groups in total. The predicted octanol–water partition coefficient (Wildman–Crippen LogP) is 5.80. The van der Waals surface area contributed by atoms with Gasteiger partial charge in [0.1, 0.15) is 0 Å². The van der Waals surface area contributed by atoms with Gasteiger partial charge >= 0.3 is 0 Å². The van der Waals surface area contributed by atoms with Crippen molar-refractivity contribution in [3.63, 3.8) is 0 Å². The van der Waals surface area contributed by atoms with Crippen LogP contribution in [-0.2, 0) is 0 Å². The molecular weight excluding hydrogens is 252 g/mol. The molecule has 0 radical (unpaired) electrons. The van der Waals surface area contributed by atoms with Crippen molar-refractivity contribution < 1.29 is 0 Å². The number of hydrogen-bond acceptors (Lipinski definition) is 0. The minimum Gasteiger partial charge on any atom is -0.117 e. The first-order chi connectivity index (χ1) is 9.24. The third-order valence-electron chi connectivity index (χ3n) is 3.87. The molecular formula is C18H21Cl. The summed E-state index contributed by atoms with van der Waals surface area (Å²) in [6, 6.07) is 21.0. The van der Waals surface area contributed by atoms with Crippen LogP contribution < -0.4 is 0 Å². The summed E-state index contributed by atoms with van der Waals surface area (Å²) in [4.78, 5) is 0. The van der Waals surface area contributed by atoms with Crippen molar-refractivity contribution in [2.45, 2.75) is 31.6 Å². The van der Waals surface area contributed by atoms with E-state index in [1.165, 1.54) is 11.1 Å². The lowest BCUT2D eigenvalue weighted by atomic mass is 9.81. The molecule has 0 aromatic heterocycles. The van der Waals surface area contributed by atoms with Gasteiger partial charge in [-0.15, -0.1) is 11.6 Å². The van der Waals surface area contributed by atoms with E-state index in [4.69, 9.17) is 11.6 Å². The van der Waals surface area contributed by atoms with Crippen LogP contribution in [-0.4, -0.2) is 0 Å². The Bertz CT molecular complexity index is 478. The normalized spacial score (nSPS) is 15.7. The first kappa shape index (κ1) is 14.1. The van der Waals surface area contributed by atoms with E-state index in [9.17, 15) is 0 Å².